The summed E-state index contributed by atoms with van der Waals surface area (Å²) in [5.74, 6) is -11.7. The molecule has 1 aliphatic rings. The standard InChI is InChI=1S/C11H9F11N2OS/c12-8(13,11(20,21)22)6(5(9(14,15)16)10(17,18)19)23-7(26)24-1-3-25-4-2-24/h5H,1-4H2. The molecule has 0 unspecified atom stereocenters. The lowest BCUT2D eigenvalue weighted by atomic mass is 9.96. The summed E-state index contributed by atoms with van der Waals surface area (Å²) in [4.78, 5) is 3.04. The Bertz CT molecular complexity index is 532. The maximum absolute atomic E-state index is 13.5. The van der Waals surface area contributed by atoms with Crippen molar-refractivity contribution in [3.8, 4) is 0 Å². The third-order valence-corrected chi connectivity index (χ3v) is 3.45. The van der Waals surface area contributed by atoms with Gasteiger partial charge in [0.15, 0.2) is 11.0 Å². The van der Waals surface area contributed by atoms with Crippen molar-refractivity contribution in [2.75, 3.05) is 26.3 Å². The van der Waals surface area contributed by atoms with Crippen LogP contribution in [0.3, 0.4) is 0 Å². The minimum atomic E-state index is -6.75. The Kier molecular flexibility index (Phi) is 6.49. The zero-order valence-corrected chi connectivity index (χ0v) is 13.1. The van der Waals surface area contributed by atoms with Gasteiger partial charge in [0.05, 0.1) is 13.2 Å². The van der Waals surface area contributed by atoms with Gasteiger partial charge >= 0.3 is 24.5 Å². The Hall–Kier alpha value is -1.25. The Labute approximate surface area is 143 Å². The van der Waals surface area contributed by atoms with Gasteiger partial charge in [0.25, 0.3) is 0 Å². The highest BCUT2D eigenvalue weighted by molar-refractivity contribution is 7.80. The highest BCUT2D eigenvalue weighted by Gasteiger charge is 2.71. The molecule has 26 heavy (non-hydrogen) atoms. The van der Waals surface area contributed by atoms with Gasteiger partial charge in [-0.15, -0.1) is 0 Å². The van der Waals surface area contributed by atoms with Crippen LogP contribution in [0.15, 0.2) is 4.99 Å². The van der Waals surface area contributed by atoms with E-state index in [9.17, 15) is 48.3 Å². The van der Waals surface area contributed by atoms with E-state index in [1.165, 1.54) is 0 Å². The molecule has 0 atom stereocenters. The lowest BCUT2D eigenvalue weighted by Crippen LogP contribution is -2.55. The average Bonchev–Trinajstić information content (AvgIpc) is 2.43. The first-order valence-corrected chi connectivity index (χ1v) is 6.94. The Morgan fingerprint density at radius 3 is 1.62 bits per heavy atom. The van der Waals surface area contributed by atoms with Gasteiger partial charge < -0.3 is 9.64 Å². The number of morpholine rings is 1. The number of halogens is 11. The molecular weight excluding hydrogens is 417 g/mol. The van der Waals surface area contributed by atoms with Crippen LogP contribution in [-0.4, -0.2) is 66.5 Å². The Morgan fingerprint density at radius 2 is 1.27 bits per heavy atom. The molecule has 0 saturated carbocycles. The minimum absolute atomic E-state index is 0.122. The van der Waals surface area contributed by atoms with Crippen LogP contribution in [-0.2, 0) is 4.74 Å². The number of hydrogen-bond acceptors (Lipinski definition) is 2. The van der Waals surface area contributed by atoms with Gasteiger partial charge in [-0.25, -0.2) is 4.99 Å². The fraction of sp³-hybridized carbons (Fsp3) is 0.818. The van der Waals surface area contributed by atoms with Crippen molar-refractivity contribution in [1.82, 2.24) is 4.90 Å². The second-order valence-corrected chi connectivity index (χ2v) is 5.33. The molecule has 3 nitrogen and oxygen atoms in total. The van der Waals surface area contributed by atoms with Crippen molar-refractivity contribution in [3.63, 3.8) is 0 Å². The zero-order valence-electron chi connectivity index (χ0n) is 12.3. The van der Waals surface area contributed by atoms with Gasteiger partial charge in [-0.3, -0.25) is 0 Å². The highest BCUT2D eigenvalue weighted by Crippen LogP contribution is 2.47. The largest absolute Gasteiger partial charge is 0.459 e. The van der Waals surface area contributed by atoms with Gasteiger partial charge in [-0.1, -0.05) is 0 Å². The van der Waals surface area contributed by atoms with Crippen LogP contribution in [0.5, 0.6) is 0 Å². The minimum Gasteiger partial charge on any atom is -0.378 e. The number of nitrogens with zero attached hydrogens (tertiary/aromatic N) is 2. The van der Waals surface area contributed by atoms with Gasteiger partial charge in [0, 0.05) is 13.1 Å². The third-order valence-electron chi connectivity index (χ3n) is 3.10. The third kappa shape index (κ3) is 5.14. The Balaban J connectivity index is 3.51. The topological polar surface area (TPSA) is 24.8 Å². The van der Waals surface area contributed by atoms with E-state index in [1.807, 2.05) is 0 Å². The maximum Gasteiger partial charge on any atom is 0.459 e. The van der Waals surface area contributed by atoms with E-state index in [-0.39, 0.29) is 26.3 Å². The first-order valence-electron chi connectivity index (χ1n) is 6.53. The number of hydrogen-bond donors (Lipinski definition) is 0. The van der Waals surface area contributed by atoms with Gasteiger partial charge in [0.2, 0.25) is 0 Å². The van der Waals surface area contributed by atoms with Crippen molar-refractivity contribution >= 4 is 23.0 Å². The van der Waals surface area contributed by atoms with E-state index in [0.29, 0.717) is 0 Å². The first kappa shape index (κ1) is 22.8. The predicted molar refractivity (Wildman–Crippen MR) is 69.0 cm³/mol. The van der Waals surface area contributed by atoms with E-state index in [1.54, 1.807) is 0 Å². The van der Waals surface area contributed by atoms with E-state index < -0.39 is 41.2 Å². The molecule has 152 valence electrons. The molecule has 0 aliphatic carbocycles. The monoisotopic (exact) mass is 426 g/mol. The van der Waals surface area contributed by atoms with E-state index in [0.717, 1.165) is 4.90 Å². The molecule has 0 amide bonds. The van der Waals surface area contributed by atoms with Crippen molar-refractivity contribution in [3.05, 3.63) is 0 Å². The van der Waals surface area contributed by atoms with Crippen LogP contribution in [0.25, 0.3) is 0 Å². The van der Waals surface area contributed by atoms with Crippen LogP contribution >= 0.6 is 12.2 Å². The summed E-state index contributed by atoms with van der Waals surface area (Å²) >= 11 is 4.35. The van der Waals surface area contributed by atoms with Crippen LogP contribution in [0.4, 0.5) is 48.3 Å². The molecule has 1 aliphatic heterocycles. The second-order valence-electron chi connectivity index (χ2n) is 4.97. The molecule has 1 rings (SSSR count). The maximum atomic E-state index is 13.5. The van der Waals surface area contributed by atoms with Crippen LogP contribution in [0.1, 0.15) is 0 Å². The molecule has 1 saturated heterocycles. The van der Waals surface area contributed by atoms with Crippen molar-refractivity contribution in [2.24, 2.45) is 10.9 Å². The number of alkyl halides is 11. The summed E-state index contributed by atoms with van der Waals surface area (Å²) in [6.07, 6.45) is -19.8. The lowest BCUT2D eigenvalue weighted by Gasteiger charge is -2.32. The van der Waals surface area contributed by atoms with Crippen molar-refractivity contribution < 1.29 is 53.0 Å². The molecule has 0 aromatic carbocycles. The molecule has 0 bridgehead atoms. The molecular formula is C11H9F11N2OS. The molecule has 0 radical (unpaired) electrons. The number of aliphatic imine (C=N–C) groups is 1. The molecule has 1 heterocycles. The van der Waals surface area contributed by atoms with E-state index in [4.69, 9.17) is 4.74 Å². The van der Waals surface area contributed by atoms with Gasteiger partial charge in [0.1, 0.15) is 5.71 Å². The fourth-order valence-corrected chi connectivity index (χ4v) is 2.17. The SMILES string of the molecule is FC(F)(F)C(C(=NC(=S)N1CCOCC1)C(F)(F)C(F)(F)F)C(F)(F)F. The Morgan fingerprint density at radius 1 is 0.846 bits per heavy atom. The summed E-state index contributed by atoms with van der Waals surface area (Å²) in [5, 5.41) is -1.26. The molecule has 0 N–H and O–H groups in total. The van der Waals surface area contributed by atoms with Crippen LogP contribution < -0.4 is 0 Å². The normalized spacial score (nSPS) is 18.5. The number of thiocarbonyl (C=S) groups is 1. The zero-order chi connectivity index (χ0) is 20.6. The molecule has 0 aromatic heterocycles. The quantitative estimate of drug-likeness (QED) is 0.380. The first-order chi connectivity index (χ1) is 11.5. The summed E-state index contributed by atoms with van der Waals surface area (Å²) in [6.45, 7) is -0.753. The van der Waals surface area contributed by atoms with Crippen molar-refractivity contribution in [1.29, 1.82) is 0 Å². The smallest absolute Gasteiger partial charge is 0.378 e. The number of ether oxygens (including phenoxy) is 1. The van der Waals surface area contributed by atoms with Crippen molar-refractivity contribution in [2.45, 2.75) is 24.5 Å². The lowest BCUT2D eigenvalue weighted by molar-refractivity contribution is -0.280. The molecule has 15 heteroatoms. The molecule has 0 aromatic rings. The van der Waals surface area contributed by atoms with E-state index >= 15 is 0 Å². The predicted octanol–water partition coefficient (Wildman–Crippen LogP) is 3.98. The average molecular weight is 426 g/mol. The van der Waals surface area contributed by atoms with E-state index in [2.05, 4.69) is 17.2 Å². The summed E-state index contributed by atoms with van der Waals surface area (Å²) in [7, 11) is 0. The highest BCUT2D eigenvalue weighted by atomic mass is 32.1. The summed E-state index contributed by atoms with van der Waals surface area (Å²) < 4.78 is 145. The summed E-state index contributed by atoms with van der Waals surface area (Å²) in [6, 6.07) is 0. The summed E-state index contributed by atoms with van der Waals surface area (Å²) in [5.41, 5.74) is -3.47. The fourth-order valence-electron chi connectivity index (χ4n) is 1.89. The van der Waals surface area contributed by atoms with Gasteiger partial charge in [-0.05, 0) is 12.2 Å². The molecule has 0 spiro atoms. The molecule has 1 fully saturated rings. The number of rotatable bonds is 2. The van der Waals surface area contributed by atoms with Crippen LogP contribution in [0.2, 0.25) is 0 Å². The van der Waals surface area contributed by atoms with Gasteiger partial charge in [-0.2, -0.15) is 48.3 Å². The second kappa shape index (κ2) is 7.40. The van der Waals surface area contributed by atoms with Crippen LogP contribution in [0, 0.1) is 5.92 Å².